The van der Waals surface area contributed by atoms with Gasteiger partial charge in [-0.15, -0.1) is 0 Å². The number of hydrogen-bond donors (Lipinski definition) is 2. The molecule has 0 saturated heterocycles. The number of sulfonamides is 1. The van der Waals surface area contributed by atoms with Crippen LogP contribution >= 0.6 is 0 Å². The molecule has 0 saturated carbocycles. The Morgan fingerprint density at radius 2 is 1.96 bits per heavy atom. The number of carbonyl (C=O) groups excluding carboxylic acids is 1. The van der Waals surface area contributed by atoms with Gasteiger partial charge in [-0.1, -0.05) is 25.1 Å². The first-order valence-electron chi connectivity index (χ1n) is 8.88. The number of aromatic nitrogens is 2. The Balaban J connectivity index is 1.59. The van der Waals surface area contributed by atoms with Gasteiger partial charge in [-0.2, -0.15) is 0 Å². The minimum atomic E-state index is -3.47. The van der Waals surface area contributed by atoms with Gasteiger partial charge in [0.05, 0.1) is 17.1 Å². The molecule has 0 atom stereocenters. The highest BCUT2D eigenvalue weighted by molar-refractivity contribution is 7.89. The van der Waals surface area contributed by atoms with Crippen LogP contribution < -0.4 is 10.0 Å². The molecule has 146 valence electrons. The quantitative estimate of drug-likeness (QED) is 0.597. The van der Waals surface area contributed by atoms with E-state index in [9.17, 15) is 13.2 Å². The van der Waals surface area contributed by atoms with Crippen LogP contribution in [0.1, 0.15) is 23.7 Å². The summed E-state index contributed by atoms with van der Waals surface area (Å²) in [6.45, 7) is 4.36. The smallest absolute Gasteiger partial charge is 0.244 e. The minimum absolute atomic E-state index is 0.193. The van der Waals surface area contributed by atoms with Crippen molar-refractivity contribution in [1.29, 1.82) is 0 Å². The molecule has 8 heteroatoms. The summed E-state index contributed by atoms with van der Waals surface area (Å²) in [7, 11) is -3.47. The van der Waals surface area contributed by atoms with Crippen molar-refractivity contribution >= 4 is 27.7 Å². The number of nitrogens with one attached hydrogen (secondary N) is 2. The second kappa shape index (κ2) is 8.37. The SMILES string of the molecule is CCNS(=O)(=O)c1ccc(/C=C/C(=O)NCc2cn3cccc(C)c3n2)cc1. The number of nitrogens with zero attached hydrogens (tertiary/aromatic N) is 2. The zero-order valence-electron chi connectivity index (χ0n) is 15.7. The zero-order valence-corrected chi connectivity index (χ0v) is 16.5. The molecule has 7 nitrogen and oxygen atoms in total. The van der Waals surface area contributed by atoms with Gasteiger partial charge in [0.15, 0.2) is 0 Å². The predicted molar refractivity (Wildman–Crippen MR) is 108 cm³/mol. The third-order valence-corrected chi connectivity index (χ3v) is 5.68. The summed E-state index contributed by atoms with van der Waals surface area (Å²) in [6, 6.07) is 10.3. The molecule has 28 heavy (non-hydrogen) atoms. The van der Waals surface area contributed by atoms with Gasteiger partial charge >= 0.3 is 0 Å². The van der Waals surface area contributed by atoms with Gasteiger partial charge in [-0.05, 0) is 42.3 Å². The summed E-state index contributed by atoms with van der Waals surface area (Å²) in [5.41, 5.74) is 3.44. The van der Waals surface area contributed by atoms with Crippen LogP contribution in [-0.2, 0) is 21.4 Å². The van der Waals surface area contributed by atoms with Crippen LogP contribution in [0.3, 0.4) is 0 Å². The van der Waals surface area contributed by atoms with E-state index in [1.54, 1.807) is 25.1 Å². The predicted octanol–water partition coefficient (Wildman–Crippen LogP) is 2.27. The van der Waals surface area contributed by atoms with E-state index in [4.69, 9.17) is 0 Å². The van der Waals surface area contributed by atoms with Crippen molar-refractivity contribution in [3.63, 3.8) is 0 Å². The number of fused-ring (bicyclic) bond motifs is 1. The number of aryl methyl sites for hydroxylation is 1. The largest absolute Gasteiger partial charge is 0.347 e. The molecular formula is C20H22N4O3S. The van der Waals surface area contributed by atoms with Crippen LogP contribution in [0.4, 0.5) is 0 Å². The van der Waals surface area contributed by atoms with Crippen molar-refractivity contribution in [2.45, 2.75) is 25.3 Å². The topological polar surface area (TPSA) is 92.6 Å². The molecule has 0 spiro atoms. The van der Waals surface area contributed by atoms with E-state index in [-0.39, 0.29) is 10.8 Å². The number of amides is 1. The van der Waals surface area contributed by atoms with E-state index in [1.165, 1.54) is 18.2 Å². The third-order valence-electron chi connectivity index (χ3n) is 4.12. The molecule has 0 aliphatic heterocycles. The second-order valence-corrected chi connectivity index (χ2v) is 8.04. The molecule has 0 aliphatic rings. The Bertz CT molecular complexity index is 1120. The first-order valence-corrected chi connectivity index (χ1v) is 10.4. The monoisotopic (exact) mass is 398 g/mol. The van der Waals surface area contributed by atoms with Crippen LogP contribution in [0.15, 0.2) is 59.8 Å². The Morgan fingerprint density at radius 3 is 2.64 bits per heavy atom. The van der Waals surface area contributed by atoms with E-state index in [1.807, 2.05) is 35.9 Å². The highest BCUT2D eigenvalue weighted by Gasteiger charge is 2.11. The van der Waals surface area contributed by atoms with Crippen molar-refractivity contribution in [2.75, 3.05) is 6.54 Å². The lowest BCUT2D eigenvalue weighted by Crippen LogP contribution is -2.23. The fourth-order valence-corrected chi connectivity index (χ4v) is 3.77. The van der Waals surface area contributed by atoms with Crippen molar-refractivity contribution in [3.8, 4) is 0 Å². The molecule has 0 unspecified atom stereocenters. The lowest BCUT2D eigenvalue weighted by atomic mass is 10.2. The fraction of sp³-hybridized carbons (Fsp3) is 0.200. The van der Waals surface area contributed by atoms with Crippen LogP contribution in [0.25, 0.3) is 11.7 Å². The molecule has 0 radical (unpaired) electrons. The lowest BCUT2D eigenvalue weighted by Gasteiger charge is -2.04. The second-order valence-electron chi connectivity index (χ2n) is 6.28. The molecule has 1 aromatic carbocycles. The van der Waals surface area contributed by atoms with E-state index in [2.05, 4.69) is 15.0 Å². The van der Waals surface area contributed by atoms with Gasteiger partial charge in [0.2, 0.25) is 15.9 Å². The molecule has 2 N–H and O–H groups in total. The van der Waals surface area contributed by atoms with Gasteiger partial charge in [0.25, 0.3) is 0 Å². The molecule has 0 fully saturated rings. The maximum Gasteiger partial charge on any atom is 0.244 e. The molecule has 1 amide bonds. The molecule has 2 aromatic heterocycles. The minimum Gasteiger partial charge on any atom is -0.347 e. The van der Waals surface area contributed by atoms with Gasteiger partial charge in [0, 0.05) is 25.0 Å². The van der Waals surface area contributed by atoms with Crippen molar-refractivity contribution < 1.29 is 13.2 Å². The molecule has 3 aromatic rings. The van der Waals surface area contributed by atoms with Gasteiger partial charge in [-0.25, -0.2) is 18.1 Å². The van der Waals surface area contributed by atoms with E-state index >= 15 is 0 Å². The molecule has 3 rings (SSSR count). The molecule has 2 heterocycles. The number of rotatable bonds is 7. The van der Waals surface area contributed by atoms with E-state index in [0.29, 0.717) is 13.1 Å². The highest BCUT2D eigenvalue weighted by Crippen LogP contribution is 2.12. The van der Waals surface area contributed by atoms with E-state index in [0.717, 1.165) is 22.5 Å². The summed E-state index contributed by atoms with van der Waals surface area (Å²) < 4.78 is 28.2. The molecule has 0 bridgehead atoms. The maximum atomic E-state index is 12.0. The zero-order chi connectivity index (χ0) is 20.1. The Hall–Kier alpha value is -2.97. The van der Waals surface area contributed by atoms with Gasteiger partial charge < -0.3 is 9.72 Å². The summed E-state index contributed by atoms with van der Waals surface area (Å²) in [4.78, 5) is 16.7. The van der Waals surface area contributed by atoms with Gasteiger partial charge in [-0.3, -0.25) is 4.79 Å². The Labute approximate surface area is 164 Å². The standard InChI is InChI=1S/C20H22N4O3S/c1-3-22-28(26,27)18-9-6-16(7-10-18)8-11-19(25)21-13-17-14-24-12-4-5-15(2)20(24)23-17/h4-12,14,22H,3,13H2,1-2H3,(H,21,25)/b11-8+. The number of benzene rings is 1. The highest BCUT2D eigenvalue weighted by atomic mass is 32.2. The van der Waals surface area contributed by atoms with Crippen LogP contribution in [0, 0.1) is 6.92 Å². The summed E-state index contributed by atoms with van der Waals surface area (Å²) in [6.07, 6.45) is 6.85. The van der Waals surface area contributed by atoms with Crippen molar-refractivity contribution in [2.24, 2.45) is 0 Å². The van der Waals surface area contributed by atoms with Gasteiger partial charge in [0.1, 0.15) is 5.65 Å². The van der Waals surface area contributed by atoms with Crippen LogP contribution in [-0.4, -0.2) is 30.3 Å². The first kappa shape index (κ1) is 19.8. The fourth-order valence-electron chi connectivity index (χ4n) is 2.73. The van der Waals surface area contributed by atoms with Crippen molar-refractivity contribution in [1.82, 2.24) is 19.4 Å². The average Bonchev–Trinajstić information content (AvgIpc) is 3.10. The lowest BCUT2D eigenvalue weighted by molar-refractivity contribution is -0.116. The Morgan fingerprint density at radius 1 is 1.21 bits per heavy atom. The number of carbonyl (C=O) groups is 1. The first-order chi connectivity index (χ1) is 13.4. The number of imidazole rings is 1. The molecule has 0 aliphatic carbocycles. The van der Waals surface area contributed by atoms with Crippen LogP contribution in [0.2, 0.25) is 0 Å². The Kier molecular flexibility index (Phi) is 5.91. The normalized spacial score (nSPS) is 11.9. The maximum absolute atomic E-state index is 12.0. The summed E-state index contributed by atoms with van der Waals surface area (Å²) in [5, 5.41) is 2.79. The summed E-state index contributed by atoms with van der Waals surface area (Å²) in [5.74, 6) is -0.252. The number of hydrogen-bond acceptors (Lipinski definition) is 4. The summed E-state index contributed by atoms with van der Waals surface area (Å²) >= 11 is 0. The third kappa shape index (κ3) is 4.65. The molecular weight excluding hydrogens is 376 g/mol. The average molecular weight is 398 g/mol. The van der Waals surface area contributed by atoms with Crippen LogP contribution in [0.5, 0.6) is 0 Å². The van der Waals surface area contributed by atoms with E-state index < -0.39 is 10.0 Å². The van der Waals surface area contributed by atoms with Crippen molar-refractivity contribution in [3.05, 3.63) is 71.7 Å². The number of pyridine rings is 1.